The van der Waals surface area contributed by atoms with Crippen molar-refractivity contribution in [1.29, 1.82) is 0 Å². The third-order valence-corrected chi connectivity index (χ3v) is 12.9. The molecule has 20 heavy (non-hydrogen) atoms. The Labute approximate surface area is 140 Å². The quantitative estimate of drug-likeness (QED) is 0.173. The molecule has 0 fully saturated rings. The average molecular weight is 402 g/mol. The minimum absolute atomic E-state index is 1.24. The molecule has 0 spiro atoms. The molecule has 1 atom stereocenters. The van der Waals surface area contributed by atoms with Crippen molar-refractivity contribution in [2.24, 2.45) is 0 Å². The van der Waals surface area contributed by atoms with Crippen molar-refractivity contribution in [1.82, 2.24) is 0 Å². The summed E-state index contributed by atoms with van der Waals surface area (Å²) in [6.45, 7) is 4.62. The van der Waals surface area contributed by atoms with Crippen LogP contribution in [0.5, 0.6) is 0 Å². The summed E-state index contributed by atoms with van der Waals surface area (Å²) in [5.74, 6) is 0. The molecule has 0 aromatic heterocycles. The summed E-state index contributed by atoms with van der Waals surface area (Å²) >= 11 is 2.87. The van der Waals surface area contributed by atoms with Gasteiger partial charge in [-0.2, -0.15) is 0 Å². The Morgan fingerprint density at radius 1 is 0.750 bits per heavy atom. The second-order valence-corrected chi connectivity index (χ2v) is 15.7. The molecule has 0 saturated heterocycles. The van der Waals surface area contributed by atoms with Crippen LogP contribution in [0, 0.1) is 0 Å². The van der Waals surface area contributed by atoms with Gasteiger partial charge in [0.05, 0.1) is 0 Å². The molecule has 0 amide bonds. The van der Waals surface area contributed by atoms with Gasteiger partial charge in [0.25, 0.3) is 0 Å². The van der Waals surface area contributed by atoms with Crippen molar-refractivity contribution >= 4 is 32.6 Å². The second-order valence-electron chi connectivity index (χ2n) is 5.95. The summed E-state index contributed by atoms with van der Waals surface area (Å²) in [6, 6.07) is 14.3. The van der Waals surface area contributed by atoms with Crippen molar-refractivity contribution in [3.8, 4) is 0 Å². The first-order valence-corrected chi connectivity index (χ1v) is 14.0. The number of unbranched alkanes of at least 4 members (excludes halogenated alkanes) is 6. The van der Waals surface area contributed by atoms with Gasteiger partial charge in [-0.15, -0.1) is 21.8 Å². The Bertz CT molecular complexity index is 339. The van der Waals surface area contributed by atoms with Crippen LogP contribution >= 0.6 is 21.8 Å². The Morgan fingerprint density at radius 3 is 1.95 bits per heavy atom. The van der Waals surface area contributed by atoms with Gasteiger partial charge in [0, 0.05) is 0 Å². The maximum absolute atomic E-state index is 2.87. The first-order valence-electron chi connectivity index (χ1n) is 8.47. The van der Waals surface area contributed by atoms with E-state index >= 15 is 0 Å². The highest BCUT2D eigenvalue weighted by atomic mass is 127. The topological polar surface area (TPSA) is 0 Å². The van der Waals surface area contributed by atoms with Gasteiger partial charge < -0.3 is 0 Å². The van der Waals surface area contributed by atoms with E-state index in [4.69, 9.17) is 0 Å². The minimum atomic E-state index is -1.24. The van der Waals surface area contributed by atoms with Crippen molar-refractivity contribution < 1.29 is 0 Å². The maximum Gasteiger partial charge on any atom is 0.155 e. The van der Waals surface area contributed by atoms with Gasteiger partial charge in [-0.25, -0.2) is 0 Å². The van der Waals surface area contributed by atoms with Crippen molar-refractivity contribution in [3.63, 3.8) is 0 Å². The summed E-state index contributed by atoms with van der Waals surface area (Å²) in [4.78, 5) is 0. The first-order chi connectivity index (χ1) is 9.73. The van der Waals surface area contributed by atoms with E-state index in [1.807, 2.05) is 0 Å². The Balaban J connectivity index is 2.47. The van der Waals surface area contributed by atoms with E-state index in [-0.39, 0.29) is 0 Å². The van der Waals surface area contributed by atoms with E-state index in [2.05, 4.69) is 66.0 Å². The molecule has 1 aromatic carbocycles. The largest absolute Gasteiger partial charge is 0.155 e. The van der Waals surface area contributed by atoms with Crippen LogP contribution in [-0.2, 0) is 0 Å². The van der Waals surface area contributed by atoms with E-state index in [0.717, 1.165) is 0 Å². The molecular weight excluding hydrogens is 371 g/mol. The summed E-state index contributed by atoms with van der Waals surface area (Å²) < 4.78 is 0. The van der Waals surface area contributed by atoms with Crippen LogP contribution < -0.4 is 5.19 Å². The molecule has 0 N–H and O–H groups in total. The van der Waals surface area contributed by atoms with Crippen LogP contribution in [0.4, 0.5) is 0 Å². The summed E-state index contributed by atoms with van der Waals surface area (Å²) in [5.41, 5.74) is -1.24. The molecule has 2 heteroatoms. The molecule has 114 valence electrons. The fraction of sp³-hybridized carbons (Fsp3) is 0.667. The van der Waals surface area contributed by atoms with Gasteiger partial charge in [-0.3, -0.25) is 0 Å². The van der Waals surface area contributed by atoms with Crippen molar-refractivity contribution in [3.05, 3.63) is 30.3 Å². The van der Waals surface area contributed by atoms with Gasteiger partial charge in [0.2, 0.25) is 0 Å². The lowest BCUT2D eigenvalue weighted by Crippen LogP contribution is -2.41. The fourth-order valence-electron chi connectivity index (χ4n) is 2.79. The number of hydrogen-bond acceptors (Lipinski definition) is 0. The van der Waals surface area contributed by atoms with Crippen LogP contribution in [0.2, 0.25) is 12.1 Å². The number of halogens is 1. The van der Waals surface area contributed by atoms with Crippen LogP contribution in [0.15, 0.2) is 30.3 Å². The molecule has 0 heterocycles. The molecule has 0 aliphatic carbocycles. The Hall–Kier alpha value is 0.167. The van der Waals surface area contributed by atoms with Gasteiger partial charge in [0.15, 0.2) is 5.57 Å². The Kier molecular flexibility index (Phi) is 9.87. The molecular formula is C18H31ISi. The highest BCUT2D eigenvalue weighted by Gasteiger charge is 2.30. The van der Waals surface area contributed by atoms with Crippen molar-refractivity contribution in [2.75, 3.05) is 0 Å². The molecule has 0 bridgehead atoms. The highest BCUT2D eigenvalue weighted by molar-refractivity contribution is 14.1. The Morgan fingerprint density at radius 2 is 1.30 bits per heavy atom. The zero-order valence-corrected chi connectivity index (χ0v) is 16.5. The number of hydrogen-bond donors (Lipinski definition) is 0. The third-order valence-electron chi connectivity index (χ3n) is 4.14. The van der Waals surface area contributed by atoms with E-state index in [1.165, 1.54) is 63.5 Å². The predicted molar refractivity (Wildman–Crippen MR) is 104 cm³/mol. The molecule has 0 radical (unpaired) electrons. The lowest BCUT2D eigenvalue weighted by molar-refractivity contribution is 0.623. The summed E-state index contributed by atoms with van der Waals surface area (Å²) in [5, 5.41) is 1.67. The van der Waals surface area contributed by atoms with Crippen molar-refractivity contribution in [2.45, 2.75) is 77.3 Å². The lowest BCUT2D eigenvalue weighted by Gasteiger charge is -2.26. The molecule has 0 aliphatic heterocycles. The number of benzene rings is 1. The molecule has 0 saturated carbocycles. The maximum atomic E-state index is 2.87. The average Bonchev–Trinajstić information content (AvgIpc) is 2.49. The third kappa shape index (κ3) is 6.75. The van der Waals surface area contributed by atoms with Gasteiger partial charge >= 0.3 is 0 Å². The summed E-state index contributed by atoms with van der Waals surface area (Å²) in [7, 11) is 0. The molecule has 0 nitrogen and oxygen atoms in total. The van der Waals surface area contributed by atoms with E-state index in [0.29, 0.717) is 0 Å². The SMILES string of the molecule is CCCCCCCC[Si](I)(CCCC)c1ccccc1. The summed E-state index contributed by atoms with van der Waals surface area (Å²) in [6.07, 6.45) is 11.3. The second kappa shape index (κ2) is 10.8. The molecule has 1 unspecified atom stereocenters. The normalized spacial score (nSPS) is 14.2. The van der Waals surface area contributed by atoms with Gasteiger partial charge in [-0.05, 0) is 17.3 Å². The van der Waals surface area contributed by atoms with Crippen LogP contribution in [0.25, 0.3) is 0 Å². The van der Waals surface area contributed by atoms with E-state index in [9.17, 15) is 0 Å². The zero-order chi connectivity index (χ0) is 14.7. The van der Waals surface area contributed by atoms with Crippen LogP contribution in [0.3, 0.4) is 0 Å². The lowest BCUT2D eigenvalue weighted by atomic mass is 10.1. The smallest absolute Gasteiger partial charge is 0.113 e. The number of rotatable bonds is 11. The first kappa shape index (κ1) is 18.2. The van der Waals surface area contributed by atoms with Gasteiger partial charge in [0.1, 0.15) is 0 Å². The molecule has 1 aromatic rings. The fourth-order valence-corrected chi connectivity index (χ4v) is 9.50. The standard InChI is InChI=1S/C18H31ISi/c1-3-5-7-8-9-13-17-20(19,16-6-4-2)18-14-11-10-12-15-18/h10-12,14-15H,3-9,13,16-17H2,1-2H3. The van der Waals surface area contributed by atoms with Gasteiger partial charge in [-0.1, -0.05) is 95.5 Å². The van der Waals surface area contributed by atoms with E-state index in [1.54, 1.807) is 5.19 Å². The monoisotopic (exact) mass is 402 g/mol. The van der Waals surface area contributed by atoms with Crippen LogP contribution in [0.1, 0.15) is 65.2 Å². The zero-order valence-electron chi connectivity index (χ0n) is 13.3. The van der Waals surface area contributed by atoms with Crippen LogP contribution in [-0.4, -0.2) is 5.57 Å². The van der Waals surface area contributed by atoms with E-state index < -0.39 is 5.57 Å². The highest BCUT2D eigenvalue weighted by Crippen LogP contribution is 2.29. The molecule has 1 rings (SSSR count). The minimum Gasteiger partial charge on any atom is -0.113 e. The molecule has 0 aliphatic rings. The predicted octanol–water partition coefficient (Wildman–Crippen LogP) is 6.43.